The van der Waals surface area contributed by atoms with E-state index in [1.54, 1.807) is 19.2 Å². The molecular weight excluding hydrogens is 292 g/mol. The molecule has 0 heterocycles. The van der Waals surface area contributed by atoms with Crippen LogP contribution in [0.2, 0.25) is 0 Å². The van der Waals surface area contributed by atoms with Crippen molar-refractivity contribution >= 4 is 11.9 Å². The van der Waals surface area contributed by atoms with Crippen molar-refractivity contribution in [2.75, 3.05) is 39.9 Å². The second-order valence-corrected chi connectivity index (χ2v) is 4.95. The van der Waals surface area contributed by atoms with Crippen LogP contribution < -0.4 is 16.0 Å². The van der Waals surface area contributed by atoms with Gasteiger partial charge in [0, 0.05) is 45.5 Å². The number of hydrogen-bond acceptors (Lipinski definition) is 3. The van der Waals surface area contributed by atoms with Gasteiger partial charge < -0.3 is 20.7 Å². The van der Waals surface area contributed by atoms with Crippen molar-refractivity contribution in [3.05, 3.63) is 35.9 Å². The first kappa shape index (κ1) is 19.0. The smallest absolute Gasteiger partial charge is 0.251 e. The topological polar surface area (TPSA) is 74.8 Å². The lowest BCUT2D eigenvalue weighted by atomic mass is 10.2. The van der Waals surface area contributed by atoms with Gasteiger partial charge in [-0.05, 0) is 31.9 Å². The van der Waals surface area contributed by atoms with E-state index in [0.29, 0.717) is 18.7 Å². The summed E-state index contributed by atoms with van der Waals surface area (Å²) < 4.78 is 5.29. The van der Waals surface area contributed by atoms with Gasteiger partial charge in [-0.25, -0.2) is 0 Å². The summed E-state index contributed by atoms with van der Waals surface area (Å²) in [4.78, 5) is 16.0. The van der Waals surface area contributed by atoms with Gasteiger partial charge in [-0.3, -0.25) is 9.79 Å². The molecule has 23 heavy (non-hydrogen) atoms. The SMILES string of the molecule is CCOCCCCNC(=NC)NCCNC(=O)c1ccccc1. The van der Waals surface area contributed by atoms with E-state index < -0.39 is 0 Å². The summed E-state index contributed by atoms with van der Waals surface area (Å²) in [6.07, 6.45) is 2.07. The number of amides is 1. The van der Waals surface area contributed by atoms with Crippen LogP contribution in [-0.2, 0) is 4.74 Å². The summed E-state index contributed by atoms with van der Waals surface area (Å²) in [5.41, 5.74) is 0.671. The molecule has 6 heteroatoms. The van der Waals surface area contributed by atoms with Crippen LogP contribution in [0.3, 0.4) is 0 Å². The molecule has 6 nitrogen and oxygen atoms in total. The molecule has 0 unspecified atom stereocenters. The summed E-state index contributed by atoms with van der Waals surface area (Å²) >= 11 is 0. The molecule has 1 aromatic rings. The maximum absolute atomic E-state index is 11.9. The van der Waals surface area contributed by atoms with Crippen LogP contribution in [0.25, 0.3) is 0 Å². The largest absolute Gasteiger partial charge is 0.382 e. The minimum absolute atomic E-state index is 0.0636. The minimum Gasteiger partial charge on any atom is -0.382 e. The Kier molecular flexibility index (Phi) is 10.3. The van der Waals surface area contributed by atoms with E-state index in [1.165, 1.54) is 0 Å². The van der Waals surface area contributed by atoms with Crippen LogP contribution in [0, 0.1) is 0 Å². The number of rotatable bonds is 10. The lowest BCUT2D eigenvalue weighted by molar-refractivity contribution is 0.0954. The standard InChI is InChI=1S/C17H28N4O2/c1-3-23-14-8-7-11-20-17(18-2)21-13-12-19-16(22)15-9-5-4-6-10-15/h4-6,9-10H,3,7-8,11-14H2,1-2H3,(H,19,22)(H2,18,20,21). The van der Waals surface area contributed by atoms with Crippen LogP contribution in [0.1, 0.15) is 30.1 Å². The van der Waals surface area contributed by atoms with E-state index in [1.807, 2.05) is 25.1 Å². The average molecular weight is 320 g/mol. The molecule has 3 N–H and O–H groups in total. The van der Waals surface area contributed by atoms with Crippen LogP contribution in [0.15, 0.2) is 35.3 Å². The molecule has 0 bridgehead atoms. The van der Waals surface area contributed by atoms with Gasteiger partial charge in [-0.1, -0.05) is 18.2 Å². The molecule has 0 atom stereocenters. The summed E-state index contributed by atoms with van der Waals surface area (Å²) in [5.74, 6) is 0.682. The highest BCUT2D eigenvalue weighted by molar-refractivity contribution is 5.94. The summed E-state index contributed by atoms with van der Waals surface area (Å²) in [7, 11) is 1.73. The molecule has 0 spiro atoms. The predicted molar refractivity (Wildman–Crippen MR) is 93.9 cm³/mol. The molecule has 128 valence electrons. The van der Waals surface area contributed by atoms with Crippen molar-refractivity contribution in [3.8, 4) is 0 Å². The fourth-order valence-corrected chi connectivity index (χ4v) is 1.95. The van der Waals surface area contributed by atoms with E-state index in [4.69, 9.17) is 4.74 Å². The number of nitrogens with one attached hydrogen (secondary N) is 3. The molecule has 0 aliphatic rings. The number of nitrogens with zero attached hydrogens (tertiary/aromatic N) is 1. The van der Waals surface area contributed by atoms with Gasteiger partial charge >= 0.3 is 0 Å². The number of aliphatic imine (C=N–C) groups is 1. The van der Waals surface area contributed by atoms with Gasteiger partial charge in [-0.15, -0.1) is 0 Å². The molecule has 0 aromatic heterocycles. The highest BCUT2D eigenvalue weighted by Gasteiger charge is 2.03. The number of unbranched alkanes of at least 4 members (excludes halogenated alkanes) is 1. The minimum atomic E-state index is -0.0636. The van der Waals surface area contributed by atoms with Gasteiger partial charge in [0.2, 0.25) is 0 Å². The van der Waals surface area contributed by atoms with Crippen molar-refractivity contribution < 1.29 is 9.53 Å². The molecule has 0 aliphatic heterocycles. The fraction of sp³-hybridized carbons (Fsp3) is 0.529. The molecule has 0 saturated carbocycles. The summed E-state index contributed by atoms with van der Waals surface area (Å²) in [6.45, 7) is 5.58. The van der Waals surface area contributed by atoms with E-state index >= 15 is 0 Å². The Morgan fingerprint density at radius 1 is 1.04 bits per heavy atom. The third-order valence-corrected chi connectivity index (χ3v) is 3.17. The number of carbonyl (C=O) groups is 1. The Labute approximate surface area is 138 Å². The highest BCUT2D eigenvalue weighted by Crippen LogP contribution is 1.96. The van der Waals surface area contributed by atoms with Gasteiger partial charge in [0.05, 0.1) is 0 Å². The quantitative estimate of drug-likeness (QED) is 0.346. The van der Waals surface area contributed by atoms with Gasteiger partial charge in [0.15, 0.2) is 5.96 Å². The molecule has 1 aromatic carbocycles. The van der Waals surface area contributed by atoms with E-state index in [9.17, 15) is 4.79 Å². The zero-order chi connectivity index (χ0) is 16.8. The second-order valence-electron chi connectivity index (χ2n) is 4.95. The monoisotopic (exact) mass is 320 g/mol. The van der Waals surface area contributed by atoms with E-state index in [2.05, 4.69) is 20.9 Å². The predicted octanol–water partition coefficient (Wildman–Crippen LogP) is 1.40. The third kappa shape index (κ3) is 8.83. The number of guanidine groups is 1. The van der Waals surface area contributed by atoms with Crippen molar-refractivity contribution in [3.63, 3.8) is 0 Å². The molecule has 0 fully saturated rings. The zero-order valence-corrected chi connectivity index (χ0v) is 14.1. The molecular formula is C17H28N4O2. The second kappa shape index (κ2) is 12.5. The van der Waals surface area contributed by atoms with Crippen LogP contribution in [0.4, 0.5) is 0 Å². The van der Waals surface area contributed by atoms with Gasteiger partial charge in [-0.2, -0.15) is 0 Å². The number of ether oxygens (including phenoxy) is 1. The van der Waals surface area contributed by atoms with Crippen molar-refractivity contribution in [1.82, 2.24) is 16.0 Å². The first-order valence-corrected chi connectivity index (χ1v) is 8.13. The van der Waals surface area contributed by atoms with E-state index in [0.717, 1.165) is 38.6 Å². The Bertz CT molecular complexity index is 463. The number of hydrogen-bond donors (Lipinski definition) is 3. The Morgan fingerprint density at radius 3 is 2.43 bits per heavy atom. The molecule has 0 saturated heterocycles. The summed E-state index contributed by atoms with van der Waals surface area (Å²) in [6, 6.07) is 9.19. The van der Waals surface area contributed by atoms with Crippen LogP contribution in [-0.4, -0.2) is 51.8 Å². The normalized spacial score (nSPS) is 11.1. The highest BCUT2D eigenvalue weighted by atomic mass is 16.5. The Hall–Kier alpha value is -2.08. The van der Waals surface area contributed by atoms with Crippen molar-refractivity contribution in [2.24, 2.45) is 4.99 Å². The average Bonchev–Trinajstić information content (AvgIpc) is 2.60. The first-order valence-electron chi connectivity index (χ1n) is 8.13. The van der Waals surface area contributed by atoms with Crippen LogP contribution >= 0.6 is 0 Å². The summed E-state index contributed by atoms with van der Waals surface area (Å²) in [5, 5.41) is 9.28. The maximum Gasteiger partial charge on any atom is 0.251 e. The zero-order valence-electron chi connectivity index (χ0n) is 14.1. The third-order valence-electron chi connectivity index (χ3n) is 3.17. The maximum atomic E-state index is 11.9. The molecule has 0 aliphatic carbocycles. The lowest BCUT2D eigenvalue weighted by Gasteiger charge is -2.12. The molecule has 1 amide bonds. The molecule has 0 radical (unpaired) electrons. The van der Waals surface area contributed by atoms with Gasteiger partial charge in [0.1, 0.15) is 0 Å². The fourth-order valence-electron chi connectivity index (χ4n) is 1.95. The van der Waals surface area contributed by atoms with Gasteiger partial charge in [0.25, 0.3) is 5.91 Å². The lowest BCUT2D eigenvalue weighted by Crippen LogP contribution is -2.41. The van der Waals surface area contributed by atoms with Crippen molar-refractivity contribution in [1.29, 1.82) is 0 Å². The van der Waals surface area contributed by atoms with Crippen molar-refractivity contribution in [2.45, 2.75) is 19.8 Å². The number of benzene rings is 1. The Balaban J connectivity index is 2.09. The van der Waals surface area contributed by atoms with Crippen LogP contribution in [0.5, 0.6) is 0 Å². The number of carbonyl (C=O) groups excluding carboxylic acids is 1. The molecule has 1 rings (SSSR count). The van der Waals surface area contributed by atoms with E-state index in [-0.39, 0.29) is 5.91 Å². The first-order chi connectivity index (χ1) is 11.3. The Morgan fingerprint density at radius 2 is 1.74 bits per heavy atom.